The van der Waals surface area contributed by atoms with Crippen LogP contribution in [0.1, 0.15) is 25.3 Å². The number of thioether (sulfide) groups is 1. The predicted octanol–water partition coefficient (Wildman–Crippen LogP) is 3.72. The quantitative estimate of drug-likeness (QED) is 0.611. The molecule has 0 spiro atoms. The van der Waals surface area contributed by atoms with Crippen molar-refractivity contribution in [3.05, 3.63) is 65.2 Å². The maximum absolute atomic E-state index is 12.5. The summed E-state index contributed by atoms with van der Waals surface area (Å²) in [5.74, 6) is 0.188. The van der Waals surface area contributed by atoms with Crippen LogP contribution < -0.4 is 5.32 Å². The van der Waals surface area contributed by atoms with E-state index in [1.165, 1.54) is 17.3 Å². The van der Waals surface area contributed by atoms with Crippen molar-refractivity contribution >= 4 is 29.3 Å². The number of amides is 1. The van der Waals surface area contributed by atoms with Crippen molar-refractivity contribution in [3.63, 3.8) is 0 Å². The topological polar surface area (TPSA) is 72.7 Å². The van der Waals surface area contributed by atoms with Crippen molar-refractivity contribution in [1.29, 1.82) is 0 Å². The smallest absolute Gasteiger partial charge is 0.233 e. The van der Waals surface area contributed by atoms with E-state index in [2.05, 4.69) is 39.9 Å². The minimum Gasteiger partial charge on any atom is -0.355 e. The summed E-state index contributed by atoms with van der Waals surface area (Å²) in [5, 5.41) is 15.6. The average molecular weight is 402 g/mol. The first kappa shape index (κ1) is 19.4. The maximum atomic E-state index is 12.5. The number of hydrogen-bond acceptors (Lipinski definition) is 5. The molecule has 1 heterocycles. The molecule has 1 N–H and O–H groups in total. The van der Waals surface area contributed by atoms with E-state index in [1.54, 1.807) is 16.8 Å². The van der Waals surface area contributed by atoms with Crippen LogP contribution in [-0.2, 0) is 4.79 Å². The van der Waals surface area contributed by atoms with E-state index >= 15 is 0 Å². The third-order valence-corrected chi connectivity index (χ3v) is 5.36. The maximum Gasteiger partial charge on any atom is 0.233 e. The van der Waals surface area contributed by atoms with Gasteiger partial charge in [0, 0.05) is 11.6 Å². The van der Waals surface area contributed by atoms with Gasteiger partial charge in [0.2, 0.25) is 11.1 Å². The highest BCUT2D eigenvalue weighted by Gasteiger charge is 2.20. The van der Waals surface area contributed by atoms with Gasteiger partial charge in [-0.05, 0) is 47.0 Å². The van der Waals surface area contributed by atoms with Gasteiger partial charge in [0.25, 0.3) is 0 Å². The Labute approximate surface area is 167 Å². The SMILES string of the molecule is CC(Sc1nnnn1-c1cccc(Cl)c1)C(=O)NCC(C)c1ccccc1. The van der Waals surface area contributed by atoms with Gasteiger partial charge in [-0.3, -0.25) is 4.79 Å². The Balaban J connectivity index is 1.60. The molecule has 2 unspecified atom stereocenters. The molecule has 6 nitrogen and oxygen atoms in total. The first-order valence-corrected chi connectivity index (χ1v) is 9.84. The van der Waals surface area contributed by atoms with Crippen LogP contribution in [0.15, 0.2) is 59.8 Å². The van der Waals surface area contributed by atoms with Crippen LogP contribution in [0, 0.1) is 0 Å². The summed E-state index contributed by atoms with van der Waals surface area (Å²) in [6, 6.07) is 17.4. The van der Waals surface area contributed by atoms with Crippen molar-refractivity contribution in [1.82, 2.24) is 25.5 Å². The van der Waals surface area contributed by atoms with Crippen molar-refractivity contribution in [2.24, 2.45) is 0 Å². The molecule has 8 heteroatoms. The summed E-state index contributed by atoms with van der Waals surface area (Å²) in [6.07, 6.45) is 0. The van der Waals surface area contributed by atoms with Crippen LogP contribution in [0.4, 0.5) is 0 Å². The Morgan fingerprint density at radius 1 is 1.19 bits per heavy atom. The van der Waals surface area contributed by atoms with E-state index < -0.39 is 0 Å². The summed E-state index contributed by atoms with van der Waals surface area (Å²) in [5.41, 5.74) is 1.95. The highest BCUT2D eigenvalue weighted by Crippen LogP contribution is 2.24. The van der Waals surface area contributed by atoms with E-state index in [4.69, 9.17) is 11.6 Å². The molecule has 1 aromatic heterocycles. The zero-order valence-electron chi connectivity index (χ0n) is 15.0. The molecule has 3 aromatic rings. The molecule has 0 saturated carbocycles. The molecule has 0 aliphatic heterocycles. The van der Waals surface area contributed by atoms with E-state index in [-0.39, 0.29) is 17.1 Å². The lowest BCUT2D eigenvalue weighted by Gasteiger charge is -2.15. The van der Waals surface area contributed by atoms with E-state index in [0.717, 1.165) is 5.69 Å². The summed E-state index contributed by atoms with van der Waals surface area (Å²) >= 11 is 7.34. The molecule has 0 saturated heterocycles. The Morgan fingerprint density at radius 2 is 1.96 bits per heavy atom. The molecule has 0 radical (unpaired) electrons. The Morgan fingerprint density at radius 3 is 2.70 bits per heavy atom. The van der Waals surface area contributed by atoms with Gasteiger partial charge in [0.15, 0.2) is 0 Å². The summed E-state index contributed by atoms with van der Waals surface area (Å²) in [4.78, 5) is 12.5. The van der Waals surface area contributed by atoms with Crippen molar-refractivity contribution in [3.8, 4) is 5.69 Å². The van der Waals surface area contributed by atoms with Crippen LogP contribution in [0.25, 0.3) is 5.69 Å². The van der Waals surface area contributed by atoms with Crippen LogP contribution in [-0.4, -0.2) is 37.9 Å². The normalized spacial score (nSPS) is 13.1. The van der Waals surface area contributed by atoms with E-state index in [9.17, 15) is 4.79 Å². The summed E-state index contributed by atoms with van der Waals surface area (Å²) in [7, 11) is 0. The zero-order valence-corrected chi connectivity index (χ0v) is 16.6. The monoisotopic (exact) mass is 401 g/mol. The van der Waals surface area contributed by atoms with E-state index in [1.807, 2.05) is 37.3 Å². The fraction of sp³-hybridized carbons (Fsp3) is 0.263. The molecule has 0 bridgehead atoms. The number of nitrogens with zero attached hydrogens (tertiary/aromatic N) is 4. The molecular formula is C19H20ClN5OS. The third-order valence-electron chi connectivity index (χ3n) is 4.10. The van der Waals surface area contributed by atoms with Crippen molar-refractivity contribution < 1.29 is 4.79 Å². The molecule has 27 heavy (non-hydrogen) atoms. The lowest BCUT2D eigenvalue weighted by Crippen LogP contribution is -2.33. The fourth-order valence-corrected chi connectivity index (χ4v) is 3.55. The van der Waals surface area contributed by atoms with Gasteiger partial charge in [-0.2, -0.15) is 4.68 Å². The number of halogens is 1. The van der Waals surface area contributed by atoms with Gasteiger partial charge in [-0.25, -0.2) is 0 Å². The lowest BCUT2D eigenvalue weighted by atomic mass is 10.0. The molecule has 2 aromatic carbocycles. The second kappa shape index (κ2) is 9.01. The zero-order chi connectivity index (χ0) is 19.2. The number of hydrogen-bond donors (Lipinski definition) is 1. The first-order valence-electron chi connectivity index (χ1n) is 8.58. The average Bonchev–Trinajstić information content (AvgIpc) is 3.14. The fourth-order valence-electron chi connectivity index (χ4n) is 2.53. The Bertz CT molecular complexity index is 902. The first-order chi connectivity index (χ1) is 13.0. The molecule has 3 rings (SSSR count). The minimum atomic E-state index is -0.336. The van der Waals surface area contributed by atoms with Gasteiger partial charge in [-0.1, -0.05) is 66.7 Å². The minimum absolute atomic E-state index is 0.0524. The molecular weight excluding hydrogens is 382 g/mol. The largest absolute Gasteiger partial charge is 0.355 e. The highest BCUT2D eigenvalue weighted by molar-refractivity contribution is 8.00. The Kier molecular flexibility index (Phi) is 6.47. The molecule has 0 aliphatic carbocycles. The number of carbonyl (C=O) groups is 1. The second-order valence-corrected chi connectivity index (χ2v) is 7.91. The number of benzene rings is 2. The van der Waals surface area contributed by atoms with Gasteiger partial charge >= 0.3 is 0 Å². The van der Waals surface area contributed by atoms with Crippen LogP contribution >= 0.6 is 23.4 Å². The number of aromatic nitrogens is 4. The van der Waals surface area contributed by atoms with Crippen LogP contribution in [0.5, 0.6) is 0 Å². The van der Waals surface area contributed by atoms with Crippen molar-refractivity contribution in [2.75, 3.05) is 6.54 Å². The lowest BCUT2D eigenvalue weighted by molar-refractivity contribution is -0.120. The predicted molar refractivity (Wildman–Crippen MR) is 107 cm³/mol. The molecule has 1 amide bonds. The number of rotatable bonds is 7. The van der Waals surface area contributed by atoms with Crippen LogP contribution in [0.2, 0.25) is 5.02 Å². The van der Waals surface area contributed by atoms with Gasteiger partial charge in [0.05, 0.1) is 10.9 Å². The highest BCUT2D eigenvalue weighted by atomic mass is 35.5. The molecule has 0 aliphatic rings. The number of carbonyl (C=O) groups excluding carboxylic acids is 1. The van der Waals surface area contributed by atoms with Crippen molar-refractivity contribution in [2.45, 2.75) is 30.2 Å². The summed E-state index contributed by atoms with van der Waals surface area (Å²) < 4.78 is 1.58. The van der Waals surface area contributed by atoms with Crippen LogP contribution in [0.3, 0.4) is 0 Å². The molecule has 2 atom stereocenters. The number of nitrogens with one attached hydrogen (secondary N) is 1. The van der Waals surface area contributed by atoms with Gasteiger partial charge in [-0.15, -0.1) is 5.10 Å². The van der Waals surface area contributed by atoms with Gasteiger partial charge in [0.1, 0.15) is 0 Å². The van der Waals surface area contributed by atoms with E-state index in [0.29, 0.717) is 16.7 Å². The molecule has 0 fully saturated rings. The summed E-state index contributed by atoms with van der Waals surface area (Å²) in [6.45, 7) is 4.50. The Hall–Kier alpha value is -2.38. The van der Waals surface area contributed by atoms with Gasteiger partial charge < -0.3 is 5.32 Å². The molecule has 140 valence electrons. The standard InChI is InChI=1S/C19H20ClN5OS/c1-13(15-7-4-3-5-8-15)12-21-18(26)14(2)27-19-22-23-24-25(19)17-10-6-9-16(20)11-17/h3-11,13-14H,12H2,1-2H3,(H,21,26). The third kappa shape index (κ3) is 5.08. The number of tetrazole rings is 1. The second-order valence-electron chi connectivity index (χ2n) is 6.17.